The molecule has 1 aliphatic carbocycles. The smallest absolute Gasteiger partial charge is 0.271 e. The Morgan fingerprint density at radius 3 is 2.90 bits per heavy atom. The molecule has 1 aromatic carbocycles. The maximum Gasteiger partial charge on any atom is 0.271 e. The van der Waals surface area contributed by atoms with Crippen molar-refractivity contribution in [3.63, 3.8) is 0 Å². The lowest BCUT2D eigenvalue weighted by molar-refractivity contribution is 0.301. The summed E-state index contributed by atoms with van der Waals surface area (Å²) in [6, 6.07) is 9.41. The fourth-order valence-corrected chi connectivity index (χ4v) is 3.83. The summed E-state index contributed by atoms with van der Waals surface area (Å²) in [7, 11) is 0. The minimum absolute atomic E-state index is 0.132. The van der Waals surface area contributed by atoms with Gasteiger partial charge in [-0.3, -0.25) is 25.1 Å². The first-order valence-corrected chi connectivity index (χ1v) is 9.79. The standard InChI is InChI=1S/C21H22N6O2/c1-12-8-20(26-24-12)23-18-9-13(22-17-5-3-2-4-15(17)18)11-29-14-6-7-16-19(10-14)25-27-21(16)28/h6-10H,2-5,11H2,1H3,(H2,25,27,28)(H2,22,23,24,26). The van der Waals surface area contributed by atoms with Crippen LogP contribution in [0.5, 0.6) is 5.75 Å². The number of H-pyrrole nitrogens is 3. The molecule has 0 aliphatic heterocycles. The molecule has 0 saturated carbocycles. The number of nitrogens with one attached hydrogen (secondary N) is 4. The van der Waals surface area contributed by atoms with Crippen molar-refractivity contribution >= 4 is 22.4 Å². The van der Waals surface area contributed by atoms with Crippen molar-refractivity contribution in [3.8, 4) is 5.75 Å². The normalized spacial score (nSPS) is 13.4. The average molecular weight is 390 g/mol. The molecule has 3 heterocycles. The predicted molar refractivity (Wildman–Crippen MR) is 111 cm³/mol. The number of ether oxygens (including phenoxy) is 1. The quantitative estimate of drug-likeness (QED) is 0.417. The van der Waals surface area contributed by atoms with Crippen LogP contribution in [0.1, 0.15) is 35.5 Å². The summed E-state index contributed by atoms with van der Waals surface area (Å²) in [5.41, 5.74) is 5.92. The fourth-order valence-electron chi connectivity index (χ4n) is 3.83. The maximum atomic E-state index is 11.6. The minimum atomic E-state index is -0.132. The highest BCUT2D eigenvalue weighted by Crippen LogP contribution is 2.30. The predicted octanol–water partition coefficient (Wildman–Crippen LogP) is 3.48. The zero-order valence-corrected chi connectivity index (χ0v) is 16.1. The highest BCUT2D eigenvalue weighted by Gasteiger charge is 2.17. The van der Waals surface area contributed by atoms with Gasteiger partial charge in [-0.15, -0.1) is 0 Å². The van der Waals surface area contributed by atoms with Crippen LogP contribution in [0.15, 0.2) is 35.1 Å². The van der Waals surface area contributed by atoms with Gasteiger partial charge in [0.05, 0.1) is 16.6 Å². The molecule has 0 unspecified atom stereocenters. The fraction of sp³-hybridized carbons (Fsp3) is 0.286. The van der Waals surface area contributed by atoms with Crippen LogP contribution in [-0.2, 0) is 19.4 Å². The van der Waals surface area contributed by atoms with E-state index in [2.05, 4.69) is 25.7 Å². The molecular weight excluding hydrogens is 368 g/mol. The lowest BCUT2D eigenvalue weighted by atomic mass is 9.94. The first-order valence-electron chi connectivity index (χ1n) is 9.79. The van der Waals surface area contributed by atoms with E-state index in [0.717, 1.165) is 53.4 Å². The van der Waals surface area contributed by atoms with E-state index in [1.165, 1.54) is 12.0 Å². The molecule has 0 fully saturated rings. The van der Waals surface area contributed by atoms with Gasteiger partial charge in [0.1, 0.15) is 12.4 Å². The van der Waals surface area contributed by atoms with Crippen LogP contribution in [0.2, 0.25) is 0 Å². The molecule has 1 aliphatic rings. The molecule has 3 aromatic heterocycles. The Balaban J connectivity index is 1.41. The number of nitrogens with zero attached hydrogens (tertiary/aromatic N) is 2. The monoisotopic (exact) mass is 390 g/mol. The van der Waals surface area contributed by atoms with E-state index in [1.807, 2.05) is 25.1 Å². The minimum Gasteiger partial charge on any atom is -0.487 e. The number of aromatic nitrogens is 5. The van der Waals surface area contributed by atoms with Crippen molar-refractivity contribution < 1.29 is 4.74 Å². The van der Waals surface area contributed by atoms with Gasteiger partial charge in [0.15, 0.2) is 5.82 Å². The molecule has 0 saturated heterocycles. The highest BCUT2D eigenvalue weighted by atomic mass is 16.5. The van der Waals surface area contributed by atoms with Crippen LogP contribution in [-0.4, -0.2) is 25.4 Å². The Morgan fingerprint density at radius 1 is 1.14 bits per heavy atom. The van der Waals surface area contributed by atoms with Crippen LogP contribution in [0.25, 0.3) is 10.9 Å². The summed E-state index contributed by atoms with van der Waals surface area (Å²) in [4.78, 5) is 16.5. The molecule has 29 heavy (non-hydrogen) atoms. The number of pyridine rings is 1. The van der Waals surface area contributed by atoms with Gasteiger partial charge >= 0.3 is 0 Å². The van der Waals surface area contributed by atoms with Crippen LogP contribution in [0.3, 0.4) is 0 Å². The van der Waals surface area contributed by atoms with E-state index in [0.29, 0.717) is 17.7 Å². The highest BCUT2D eigenvalue weighted by molar-refractivity contribution is 5.79. The third-order valence-corrected chi connectivity index (χ3v) is 5.26. The van der Waals surface area contributed by atoms with Gasteiger partial charge in [-0.1, -0.05) is 0 Å². The van der Waals surface area contributed by atoms with Gasteiger partial charge in [-0.25, -0.2) is 0 Å². The molecule has 5 rings (SSSR count). The number of anilines is 2. The second kappa shape index (κ2) is 7.12. The Morgan fingerprint density at radius 2 is 2.03 bits per heavy atom. The Bertz CT molecular complexity index is 1240. The largest absolute Gasteiger partial charge is 0.487 e. The van der Waals surface area contributed by atoms with Gasteiger partial charge in [-0.2, -0.15) is 5.10 Å². The third-order valence-electron chi connectivity index (χ3n) is 5.26. The first kappa shape index (κ1) is 17.5. The van der Waals surface area contributed by atoms with Crippen molar-refractivity contribution in [3.05, 3.63) is 63.3 Å². The van der Waals surface area contributed by atoms with Crippen molar-refractivity contribution in [2.45, 2.75) is 39.2 Å². The summed E-state index contributed by atoms with van der Waals surface area (Å²) in [5, 5.41) is 16.7. The molecule has 4 aromatic rings. The topological polar surface area (TPSA) is 111 Å². The summed E-state index contributed by atoms with van der Waals surface area (Å²) >= 11 is 0. The molecular formula is C21H22N6O2. The van der Waals surface area contributed by atoms with Crippen molar-refractivity contribution in [1.29, 1.82) is 0 Å². The molecule has 0 radical (unpaired) electrons. The summed E-state index contributed by atoms with van der Waals surface area (Å²) in [6.07, 6.45) is 4.33. The number of hydrogen-bond donors (Lipinski definition) is 4. The summed E-state index contributed by atoms with van der Waals surface area (Å²) in [5.74, 6) is 1.49. The Labute approximate surface area is 166 Å². The van der Waals surface area contributed by atoms with Gasteiger partial charge in [0.25, 0.3) is 5.56 Å². The Hall–Kier alpha value is -3.55. The summed E-state index contributed by atoms with van der Waals surface area (Å²) in [6.45, 7) is 2.33. The number of aryl methyl sites for hydroxylation is 2. The van der Waals surface area contributed by atoms with E-state index in [1.54, 1.807) is 12.1 Å². The molecule has 0 amide bonds. The van der Waals surface area contributed by atoms with Crippen molar-refractivity contribution in [2.75, 3.05) is 5.32 Å². The molecule has 148 valence electrons. The number of hydrogen-bond acceptors (Lipinski definition) is 5. The van der Waals surface area contributed by atoms with Gasteiger partial charge < -0.3 is 10.1 Å². The zero-order valence-electron chi connectivity index (χ0n) is 16.1. The van der Waals surface area contributed by atoms with Crippen LogP contribution < -0.4 is 15.6 Å². The first-order chi connectivity index (χ1) is 14.2. The lowest BCUT2D eigenvalue weighted by Gasteiger charge is -2.20. The maximum absolute atomic E-state index is 11.6. The van der Waals surface area contributed by atoms with Crippen LogP contribution >= 0.6 is 0 Å². The van der Waals surface area contributed by atoms with Crippen LogP contribution in [0, 0.1) is 6.92 Å². The number of fused-ring (bicyclic) bond motifs is 2. The van der Waals surface area contributed by atoms with Crippen molar-refractivity contribution in [1.82, 2.24) is 25.4 Å². The Kier molecular flexibility index (Phi) is 4.31. The second-order valence-corrected chi connectivity index (χ2v) is 7.43. The van der Waals surface area contributed by atoms with Gasteiger partial charge in [0, 0.05) is 29.2 Å². The second-order valence-electron chi connectivity index (χ2n) is 7.43. The number of aromatic amines is 3. The molecule has 0 bridgehead atoms. The SMILES string of the molecule is Cc1cc(Nc2cc(COc3ccc4c(=O)[nH][nH]c4c3)nc3c2CCCC3)n[nH]1. The summed E-state index contributed by atoms with van der Waals surface area (Å²) < 4.78 is 5.96. The molecule has 8 nitrogen and oxygen atoms in total. The van der Waals surface area contributed by atoms with E-state index in [9.17, 15) is 4.79 Å². The number of rotatable bonds is 5. The van der Waals surface area contributed by atoms with E-state index in [-0.39, 0.29) is 5.56 Å². The lowest BCUT2D eigenvalue weighted by Crippen LogP contribution is -2.12. The van der Waals surface area contributed by atoms with Gasteiger partial charge in [-0.05, 0) is 56.4 Å². The molecule has 0 atom stereocenters. The van der Waals surface area contributed by atoms with E-state index < -0.39 is 0 Å². The molecule has 4 N–H and O–H groups in total. The number of benzene rings is 1. The van der Waals surface area contributed by atoms with Crippen LogP contribution in [0.4, 0.5) is 11.5 Å². The van der Waals surface area contributed by atoms with E-state index >= 15 is 0 Å². The van der Waals surface area contributed by atoms with Gasteiger partial charge in [0.2, 0.25) is 0 Å². The van der Waals surface area contributed by atoms with Crippen molar-refractivity contribution in [2.24, 2.45) is 0 Å². The molecule has 8 heteroatoms. The third kappa shape index (κ3) is 3.49. The molecule has 0 spiro atoms. The van der Waals surface area contributed by atoms with E-state index in [4.69, 9.17) is 9.72 Å². The zero-order chi connectivity index (χ0) is 19.8. The average Bonchev–Trinajstić information content (AvgIpc) is 3.31.